The van der Waals surface area contributed by atoms with E-state index >= 15 is 0 Å². The lowest BCUT2D eigenvalue weighted by Gasteiger charge is -2.23. The minimum atomic E-state index is 0.175. The third kappa shape index (κ3) is 3.04. The summed E-state index contributed by atoms with van der Waals surface area (Å²) in [6, 6.07) is 0.175. The molecule has 84 valence electrons. The Bertz CT molecular complexity index is 257. The van der Waals surface area contributed by atoms with Crippen LogP contribution in [0.15, 0.2) is 11.8 Å². The second-order valence-corrected chi connectivity index (χ2v) is 3.97. The van der Waals surface area contributed by atoms with Crippen molar-refractivity contribution in [2.24, 2.45) is 0 Å². The van der Waals surface area contributed by atoms with Gasteiger partial charge in [-0.1, -0.05) is 0 Å². The van der Waals surface area contributed by atoms with Crippen LogP contribution < -0.4 is 5.32 Å². The molecule has 1 saturated heterocycles. The minimum absolute atomic E-state index is 0.175. The second kappa shape index (κ2) is 5.28. The smallest absolute Gasteiger partial charge is 0.163 e. The molecule has 0 saturated carbocycles. The molecule has 0 spiro atoms. The zero-order chi connectivity index (χ0) is 10.5. The van der Waals surface area contributed by atoms with E-state index in [-0.39, 0.29) is 11.8 Å². The number of ketones is 1. The van der Waals surface area contributed by atoms with Crippen molar-refractivity contribution in [3.8, 4) is 0 Å². The van der Waals surface area contributed by atoms with Gasteiger partial charge in [-0.3, -0.25) is 4.79 Å². The molecule has 1 N–H and O–H groups in total. The van der Waals surface area contributed by atoms with Crippen LogP contribution in [0.5, 0.6) is 0 Å². The number of Topliss-reactive ketones (excluding diaryl/α,β-unsaturated/α-hetero) is 1. The molecule has 1 atom stereocenters. The average Bonchev–Trinajstić information content (AvgIpc) is 2.31. The first-order valence-electron chi connectivity index (χ1n) is 5.51. The Hall–Kier alpha value is -0.870. The van der Waals surface area contributed by atoms with Gasteiger partial charge in [0.2, 0.25) is 0 Å². The number of carbonyl (C=O) groups excluding carboxylic acids is 1. The summed E-state index contributed by atoms with van der Waals surface area (Å²) in [7, 11) is 0. The van der Waals surface area contributed by atoms with Crippen LogP contribution in [0.2, 0.25) is 0 Å². The molecule has 0 aliphatic carbocycles. The zero-order valence-electron chi connectivity index (χ0n) is 8.83. The molecule has 15 heavy (non-hydrogen) atoms. The number of hydrogen-bond donors (Lipinski definition) is 1. The van der Waals surface area contributed by atoms with Crippen LogP contribution in [0.1, 0.15) is 19.3 Å². The molecule has 0 radical (unpaired) electrons. The van der Waals surface area contributed by atoms with Crippen molar-refractivity contribution in [3.63, 3.8) is 0 Å². The summed E-state index contributed by atoms with van der Waals surface area (Å²) in [5, 5.41) is 3.28. The molecule has 0 bridgehead atoms. The molecule has 4 nitrogen and oxygen atoms in total. The van der Waals surface area contributed by atoms with Crippen molar-refractivity contribution in [1.29, 1.82) is 0 Å². The summed E-state index contributed by atoms with van der Waals surface area (Å²) in [4.78, 5) is 11.8. The highest BCUT2D eigenvalue weighted by molar-refractivity contribution is 5.95. The highest BCUT2D eigenvalue weighted by atomic mass is 16.5. The summed E-state index contributed by atoms with van der Waals surface area (Å²) in [5.41, 5.74) is 0.827. The van der Waals surface area contributed by atoms with E-state index in [1.807, 2.05) is 0 Å². The Morgan fingerprint density at radius 3 is 3.13 bits per heavy atom. The molecule has 1 unspecified atom stereocenters. The molecule has 2 heterocycles. The van der Waals surface area contributed by atoms with Crippen LogP contribution in [0.3, 0.4) is 0 Å². The molecule has 0 aromatic carbocycles. The van der Waals surface area contributed by atoms with Crippen molar-refractivity contribution in [2.45, 2.75) is 25.3 Å². The molecule has 0 aromatic rings. The Morgan fingerprint density at radius 2 is 2.47 bits per heavy atom. The number of hydrogen-bond acceptors (Lipinski definition) is 4. The van der Waals surface area contributed by atoms with Crippen LogP contribution >= 0.6 is 0 Å². The van der Waals surface area contributed by atoms with Gasteiger partial charge < -0.3 is 14.8 Å². The van der Waals surface area contributed by atoms with Gasteiger partial charge in [0.25, 0.3) is 0 Å². The van der Waals surface area contributed by atoms with Gasteiger partial charge >= 0.3 is 0 Å². The predicted molar refractivity (Wildman–Crippen MR) is 55.5 cm³/mol. The van der Waals surface area contributed by atoms with Gasteiger partial charge in [-0.15, -0.1) is 0 Å². The van der Waals surface area contributed by atoms with E-state index in [0.29, 0.717) is 13.0 Å². The lowest BCUT2D eigenvalue weighted by Crippen LogP contribution is -2.42. The fourth-order valence-electron chi connectivity index (χ4n) is 1.88. The first kappa shape index (κ1) is 10.6. The van der Waals surface area contributed by atoms with Gasteiger partial charge in [0.05, 0.1) is 26.1 Å². The van der Waals surface area contributed by atoms with Crippen molar-refractivity contribution >= 4 is 5.78 Å². The first-order valence-corrected chi connectivity index (χ1v) is 5.51. The summed E-state index contributed by atoms with van der Waals surface area (Å²) < 4.78 is 10.5. The standard InChI is InChI=1S/C11H17NO3/c13-11(9-2-1-4-14-7-9)6-10-8-15-5-3-12-10/h7,10,12H,1-6,8H2. The molecular weight excluding hydrogens is 194 g/mol. The number of nitrogens with one attached hydrogen (secondary N) is 1. The second-order valence-electron chi connectivity index (χ2n) is 3.97. The molecular formula is C11H17NO3. The third-order valence-corrected chi connectivity index (χ3v) is 2.72. The molecule has 0 aromatic heterocycles. The average molecular weight is 211 g/mol. The zero-order valence-corrected chi connectivity index (χ0v) is 8.83. The van der Waals surface area contributed by atoms with E-state index in [4.69, 9.17) is 9.47 Å². The van der Waals surface area contributed by atoms with Gasteiger partial charge in [-0.25, -0.2) is 0 Å². The Labute approximate surface area is 89.6 Å². The van der Waals surface area contributed by atoms with Crippen LogP contribution in [-0.2, 0) is 14.3 Å². The maximum Gasteiger partial charge on any atom is 0.163 e. The van der Waals surface area contributed by atoms with E-state index in [1.54, 1.807) is 6.26 Å². The van der Waals surface area contributed by atoms with Gasteiger partial charge in [0, 0.05) is 24.6 Å². The summed E-state index contributed by atoms with van der Waals surface area (Å²) in [6.45, 7) is 2.96. The fraction of sp³-hybridized carbons (Fsp3) is 0.727. The molecule has 0 amide bonds. The van der Waals surface area contributed by atoms with Gasteiger partial charge in [0.1, 0.15) is 0 Å². The summed E-state index contributed by atoms with van der Waals surface area (Å²) >= 11 is 0. The number of morpholine rings is 1. The Morgan fingerprint density at radius 1 is 1.53 bits per heavy atom. The van der Waals surface area contributed by atoms with Crippen molar-refractivity contribution in [2.75, 3.05) is 26.4 Å². The SMILES string of the molecule is O=C(CC1COCCN1)C1=COCCC1. The van der Waals surface area contributed by atoms with Gasteiger partial charge in [-0.2, -0.15) is 0 Å². The minimum Gasteiger partial charge on any atom is -0.501 e. The Kier molecular flexibility index (Phi) is 3.75. The van der Waals surface area contributed by atoms with E-state index in [1.165, 1.54) is 0 Å². The topological polar surface area (TPSA) is 47.6 Å². The summed E-state index contributed by atoms with van der Waals surface area (Å²) in [6.07, 6.45) is 3.95. The fourth-order valence-corrected chi connectivity index (χ4v) is 1.88. The van der Waals surface area contributed by atoms with E-state index in [0.717, 1.165) is 38.2 Å². The van der Waals surface area contributed by atoms with E-state index < -0.39 is 0 Å². The molecule has 1 fully saturated rings. The highest BCUT2D eigenvalue weighted by Crippen LogP contribution is 2.15. The van der Waals surface area contributed by atoms with Gasteiger partial charge in [-0.05, 0) is 12.8 Å². The van der Waals surface area contributed by atoms with Gasteiger partial charge in [0.15, 0.2) is 5.78 Å². The van der Waals surface area contributed by atoms with E-state index in [2.05, 4.69) is 5.32 Å². The quantitative estimate of drug-likeness (QED) is 0.743. The largest absolute Gasteiger partial charge is 0.501 e. The van der Waals surface area contributed by atoms with Crippen LogP contribution in [0.4, 0.5) is 0 Å². The first-order chi connectivity index (χ1) is 7.36. The highest BCUT2D eigenvalue weighted by Gasteiger charge is 2.20. The maximum absolute atomic E-state index is 11.8. The lowest BCUT2D eigenvalue weighted by atomic mass is 10.00. The number of rotatable bonds is 3. The normalized spacial score (nSPS) is 26.7. The van der Waals surface area contributed by atoms with Crippen molar-refractivity contribution in [3.05, 3.63) is 11.8 Å². The van der Waals surface area contributed by atoms with Crippen LogP contribution in [0, 0.1) is 0 Å². The summed E-state index contributed by atoms with van der Waals surface area (Å²) in [5.74, 6) is 0.192. The lowest BCUT2D eigenvalue weighted by molar-refractivity contribution is -0.117. The number of carbonyl (C=O) groups is 1. The van der Waals surface area contributed by atoms with Crippen LogP contribution in [-0.4, -0.2) is 38.2 Å². The number of allylic oxidation sites excluding steroid dienone is 1. The molecule has 2 aliphatic heterocycles. The Balaban J connectivity index is 1.82. The van der Waals surface area contributed by atoms with Crippen molar-refractivity contribution < 1.29 is 14.3 Å². The van der Waals surface area contributed by atoms with Crippen LogP contribution in [0.25, 0.3) is 0 Å². The number of ether oxygens (including phenoxy) is 2. The van der Waals surface area contributed by atoms with E-state index in [9.17, 15) is 4.79 Å². The monoisotopic (exact) mass is 211 g/mol. The molecule has 2 aliphatic rings. The predicted octanol–water partition coefficient (Wildman–Crippen LogP) is 0.628. The third-order valence-electron chi connectivity index (χ3n) is 2.72. The maximum atomic E-state index is 11.8. The van der Waals surface area contributed by atoms with Crippen molar-refractivity contribution in [1.82, 2.24) is 5.32 Å². The molecule has 4 heteroatoms. The molecule has 2 rings (SSSR count).